The Labute approximate surface area is 181 Å². The van der Waals surface area contributed by atoms with Crippen molar-refractivity contribution in [3.63, 3.8) is 0 Å². The summed E-state index contributed by atoms with van der Waals surface area (Å²) in [5, 5.41) is 2.85. The lowest BCUT2D eigenvalue weighted by molar-refractivity contribution is -0.138. The molecule has 0 bridgehead atoms. The second kappa shape index (κ2) is 8.67. The SMILES string of the molecule is O=C1CN(C(=O)COc2ccccc2)[C@@H](c2ccc(F)cc2)c2cc(Br)ccc2N1. The zero-order chi connectivity index (χ0) is 21.1. The molecule has 1 aliphatic rings. The Kier molecular flexibility index (Phi) is 5.81. The summed E-state index contributed by atoms with van der Waals surface area (Å²) >= 11 is 3.46. The molecule has 1 aliphatic heterocycles. The Morgan fingerprint density at radius 3 is 2.57 bits per heavy atom. The lowest BCUT2D eigenvalue weighted by atomic mass is 9.96. The molecular formula is C23H18BrFN2O3. The second-order valence-electron chi connectivity index (χ2n) is 6.86. The van der Waals surface area contributed by atoms with E-state index in [0.717, 1.165) is 10.0 Å². The van der Waals surface area contributed by atoms with E-state index >= 15 is 0 Å². The van der Waals surface area contributed by atoms with Gasteiger partial charge >= 0.3 is 0 Å². The molecule has 0 fully saturated rings. The fourth-order valence-corrected chi connectivity index (χ4v) is 3.84. The summed E-state index contributed by atoms with van der Waals surface area (Å²) in [7, 11) is 0. The lowest BCUT2D eigenvalue weighted by Crippen LogP contribution is -2.41. The van der Waals surface area contributed by atoms with E-state index in [9.17, 15) is 14.0 Å². The topological polar surface area (TPSA) is 58.6 Å². The molecule has 0 saturated carbocycles. The number of rotatable bonds is 4. The molecule has 3 aromatic carbocycles. The van der Waals surface area contributed by atoms with Crippen LogP contribution in [0.25, 0.3) is 0 Å². The summed E-state index contributed by atoms with van der Waals surface area (Å²) in [5.74, 6) is -0.472. The molecule has 0 radical (unpaired) electrons. The van der Waals surface area contributed by atoms with Gasteiger partial charge in [0.15, 0.2) is 6.61 Å². The highest BCUT2D eigenvalue weighted by atomic mass is 79.9. The predicted octanol–water partition coefficient (Wildman–Crippen LogP) is 4.54. The first-order valence-electron chi connectivity index (χ1n) is 9.33. The molecule has 0 aromatic heterocycles. The van der Waals surface area contributed by atoms with Gasteiger partial charge in [0.25, 0.3) is 5.91 Å². The molecular weight excluding hydrogens is 451 g/mol. The Hall–Kier alpha value is -3.19. The van der Waals surface area contributed by atoms with Gasteiger partial charge in [-0.3, -0.25) is 9.59 Å². The van der Waals surface area contributed by atoms with Crippen molar-refractivity contribution in [2.75, 3.05) is 18.5 Å². The average Bonchev–Trinajstić information content (AvgIpc) is 2.89. The van der Waals surface area contributed by atoms with Gasteiger partial charge in [-0.2, -0.15) is 0 Å². The molecule has 0 unspecified atom stereocenters. The summed E-state index contributed by atoms with van der Waals surface area (Å²) in [6, 6.07) is 19.8. The molecule has 1 N–H and O–H groups in total. The van der Waals surface area contributed by atoms with Crippen LogP contribution in [0.4, 0.5) is 10.1 Å². The van der Waals surface area contributed by atoms with E-state index in [1.807, 2.05) is 30.3 Å². The lowest BCUT2D eigenvalue weighted by Gasteiger charge is -2.30. The summed E-state index contributed by atoms with van der Waals surface area (Å²) in [4.78, 5) is 27.1. The van der Waals surface area contributed by atoms with Crippen molar-refractivity contribution >= 4 is 33.4 Å². The van der Waals surface area contributed by atoms with Crippen LogP contribution in [0.3, 0.4) is 0 Å². The predicted molar refractivity (Wildman–Crippen MR) is 115 cm³/mol. The first-order valence-corrected chi connectivity index (χ1v) is 10.1. The number of para-hydroxylation sites is 1. The number of carbonyl (C=O) groups excluding carboxylic acids is 2. The van der Waals surface area contributed by atoms with Gasteiger partial charge in [-0.1, -0.05) is 46.3 Å². The zero-order valence-corrected chi connectivity index (χ0v) is 17.4. The number of halogens is 2. The van der Waals surface area contributed by atoms with Crippen LogP contribution >= 0.6 is 15.9 Å². The molecule has 0 saturated heterocycles. The first kappa shape index (κ1) is 20.1. The van der Waals surface area contributed by atoms with Gasteiger partial charge in [-0.05, 0) is 48.0 Å². The Bertz CT molecular complexity index is 1070. The van der Waals surface area contributed by atoms with Crippen LogP contribution < -0.4 is 10.1 Å². The number of fused-ring (bicyclic) bond motifs is 1. The van der Waals surface area contributed by atoms with Gasteiger partial charge in [0.1, 0.15) is 18.1 Å². The third-order valence-corrected chi connectivity index (χ3v) is 5.31. The summed E-state index contributed by atoms with van der Waals surface area (Å²) in [6.45, 7) is -0.371. The number of ether oxygens (including phenoxy) is 1. The van der Waals surface area contributed by atoms with Crippen LogP contribution in [0.1, 0.15) is 17.2 Å². The van der Waals surface area contributed by atoms with Crippen LogP contribution in [-0.2, 0) is 9.59 Å². The van der Waals surface area contributed by atoms with Gasteiger partial charge in [-0.15, -0.1) is 0 Å². The van der Waals surface area contributed by atoms with Gasteiger partial charge < -0.3 is 15.0 Å². The number of benzene rings is 3. The molecule has 2 amide bonds. The number of hydrogen-bond acceptors (Lipinski definition) is 3. The van der Waals surface area contributed by atoms with Crippen molar-refractivity contribution in [3.8, 4) is 5.75 Å². The quantitative estimate of drug-likeness (QED) is 0.611. The highest BCUT2D eigenvalue weighted by Gasteiger charge is 2.33. The molecule has 5 nitrogen and oxygen atoms in total. The largest absolute Gasteiger partial charge is 0.484 e. The van der Waals surface area contributed by atoms with Crippen LogP contribution in [0.2, 0.25) is 0 Å². The molecule has 1 heterocycles. The highest BCUT2D eigenvalue weighted by Crippen LogP contribution is 2.37. The minimum Gasteiger partial charge on any atom is -0.484 e. The first-order chi connectivity index (χ1) is 14.5. The molecule has 1 atom stereocenters. The van der Waals surface area contributed by atoms with Crippen molar-refractivity contribution in [1.29, 1.82) is 0 Å². The molecule has 152 valence electrons. The fourth-order valence-electron chi connectivity index (χ4n) is 3.46. The fraction of sp³-hybridized carbons (Fsp3) is 0.130. The number of amides is 2. The van der Waals surface area contributed by atoms with Gasteiger partial charge in [-0.25, -0.2) is 4.39 Å². The van der Waals surface area contributed by atoms with Gasteiger partial charge in [0.05, 0.1) is 6.04 Å². The van der Waals surface area contributed by atoms with Crippen LogP contribution in [0.5, 0.6) is 5.75 Å². The normalized spacial score (nSPS) is 15.7. The summed E-state index contributed by atoms with van der Waals surface area (Å²) < 4.78 is 20.0. The maximum Gasteiger partial charge on any atom is 0.261 e. The van der Waals surface area contributed by atoms with Crippen molar-refractivity contribution in [2.45, 2.75) is 6.04 Å². The van der Waals surface area contributed by atoms with E-state index in [0.29, 0.717) is 17.0 Å². The van der Waals surface area contributed by atoms with E-state index in [1.165, 1.54) is 17.0 Å². The number of carbonyl (C=O) groups is 2. The average molecular weight is 469 g/mol. The Morgan fingerprint density at radius 1 is 1.10 bits per heavy atom. The standard InChI is InChI=1S/C23H18BrFN2O3/c24-16-8-11-20-19(12-16)23(15-6-9-17(25)10-7-15)27(13-21(28)26-20)22(29)14-30-18-4-2-1-3-5-18/h1-12,23H,13-14H2,(H,26,28)/t23-/m0/s1. The molecule has 0 aliphatic carbocycles. The number of nitrogens with one attached hydrogen (secondary N) is 1. The van der Waals surface area contributed by atoms with Crippen LogP contribution in [-0.4, -0.2) is 29.9 Å². The van der Waals surface area contributed by atoms with Crippen LogP contribution in [0.15, 0.2) is 77.3 Å². The molecule has 30 heavy (non-hydrogen) atoms. The maximum absolute atomic E-state index is 13.5. The number of hydrogen-bond donors (Lipinski definition) is 1. The maximum atomic E-state index is 13.5. The van der Waals surface area contributed by atoms with Crippen LogP contribution in [0, 0.1) is 5.82 Å². The minimum atomic E-state index is -0.580. The smallest absolute Gasteiger partial charge is 0.261 e. The van der Waals surface area contributed by atoms with Crippen molar-refractivity contribution in [2.24, 2.45) is 0 Å². The van der Waals surface area contributed by atoms with E-state index in [-0.39, 0.29) is 30.8 Å². The Morgan fingerprint density at radius 2 is 1.83 bits per heavy atom. The second-order valence-corrected chi connectivity index (χ2v) is 7.77. The molecule has 0 spiro atoms. The summed E-state index contributed by atoms with van der Waals surface area (Å²) in [6.07, 6.45) is 0. The van der Waals surface area contributed by atoms with E-state index in [1.54, 1.807) is 30.3 Å². The Balaban J connectivity index is 1.72. The number of nitrogens with zero attached hydrogens (tertiary/aromatic N) is 1. The van der Waals surface area contributed by atoms with Gasteiger partial charge in [0, 0.05) is 15.7 Å². The highest BCUT2D eigenvalue weighted by molar-refractivity contribution is 9.10. The monoisotopic (exact) mass is 468 g/mol. The molecule has 3 aromatic rings. The van der Waals surface area contributed by atoms with Crippen molar-refractivity contribution in [1.82, 2.24) is 4.90 Å². The van der Waals surface area contributed by atoms with Gasteiger partial charge in [0.2, 0.25) is 5.91 Å². The van der Waals surface area contributed by atoms with E-state index in [2.05, 4.69) is 21.2 Å². The molecule has 7 heteroatoms. The summed E-state index contributed by atoms with van der Waals surface area (Å²) in [5.41, 5.74) is 2.03. The number of anilines is 1. The zero-order valence-electron chi connectivity index (χ0n) is 15.8. The molecule has 4 rings (SSSR count). The van der Waals surface area contributed by atoms with Crippen molar-refractivity contribution < 1.29 is 18.7 Å². The van der Waals surface area contributed by atoms with E-state index < -0.39 is 6.04 Å². The third-order valence-electron chi connectivity index (χ3n) is 4.82. The van der Waals surface area contributed by atoms with Crippen molar-refractivity contribution in [3.05, 3.63) is 94.2 Å². The minimum absolute atomic E-state index is 0.147. The van der Waals surface area contributed by atoms with E-state index in [4.69, 9.17) is 4.74 Å². The third kappa shape index (κ3) is 4.36.